The number of benzene rings is 1. The maximum atomic E-state index is 14.4. The molecule has 5 atom stereocenters. The number of nitrogens with zero attached hydrogens (tertiary/aromatic N) is 1. The summed E-state index contributed by atoms with van der Waals surface area (Å²) in [5.41, 5.74) is -0.193. The first kappa shape index (κ1) is 26.5. The second-order valence-corrected chi connectivity index (χ2v) is 7.30. The number of rotatable bonds is 15. The van der Waals surface area contributed by atoms with Gasteiger partial charge < -0.3 is 4.90 Å². The molecule has 0 aliphatic carbocycles. The number of hydrogen-bond acceptors (Lipinski definition) is 1. The lowest BCUT2D eigenvalue weighted by atomic mass is 10.0. The van der Waals surface area contributed by atoms with E-state index in [1.165, 1.54) is 0 Å². The maximum absolute atomic E-state index is 14.4. The molecule has 1 aromatic rings. The van der Waals surface area contributed by atoms with Crippen LogP contribution in [0, 0.1) is 11.6 Å². The van der Waals surface area contributed by atoms with Crippen LogP contribution in [0.3, 0.4) is 0 Å². The number of hydrogen-bond donors (Lipinski definition) is 0. The average Bonchev–Trinajstić information content (AvgIpc) is 2.72. The highest BCUT2D eigenvalue weighted by molar-refractivity contribution is 5.48. The molecule has 0 bridgehead atoms. The predicted octanol–water partition coefficient (Wildman–Crippen LogP) is 6.79. The standard InChI is InChI=1S/C21H29F8N/c1-2-3-4-5-11-30(18-9-8-14(23)12-16(18)25)13-17(26)20(28)21(29)19(27)15(24)7-6-10-22/h8-9,12,15,17,19-21H,2-7,10-11,13H2,1H3. The Hall–Kier alpha value is -1.54. The lowest BCUT2D eigenvalue weighted by molar-refractivity contribution is 0.000448. The van der Waals surface area contributed by atoms with Crippen molar-refractivity contribution in [2.75, 3.05) is 24.7 Å². The van der Waals surface area contributed by atoms with E-state index >= 15 is 0 Å². The highest BCUT2D eigenvalue weighted by Gasteiger charge is 2.40. The van der Waals surface area contributed by atoms with E-state index in [9.17, 15) is 35.1 Å². The molecule has 30 heavy (non-hydrogen) atoms. The second-order valence-electron chi connectivity index (χ2n) is 7.30. The van der Waals surface area contributed by atoms with Crippen molar-refractivity contribution in [3.8, 4) is 0 Å². The first-order valence-corrected chi connectivity index (χ1v) is 10.2. The Morgan fingerprint density at radius 3 is 2.10 bits per heavy atom. The fourth-order valence-electron chi connectivity index (χ4n) is 3.09. The quantitative estimate of drug-likeness (QED) is 0.211. The van der Waals surface area contributed by atoms with Crippen LogP contribution in [0.4, 0.5) is 40.8 Å². The van der Waals surface area contributed by atoms with Crippen molar-refractivity contribution >= 4 is 5.69 Å². The summed E-state index contributed by atoms with van der Waals surface area (Å²) in [6.45, 7) is 0.298. The molecule has 0 heterocycles. The summed E-state index contributed by atoms with van der Waals surface area (Å²) in [5, 5.41) is 0. The SMILES string of the molecule is CCCCCCN(CC(F)C(F)C(F)C(F)C(F)CCCF)c1ccc(F)cc1F. The van der Waals surface area contributed by atoms with E-state index in [0.717, 1.165) is 36.3 Å². The van der Waals surface area contributed by atoms with Crippen LogP contribution in [-0.4, -0.2) is 50.6 Å². The first-order chi connectivity index (χ1) is 14.2. The smallest absolute Gasteiger partial charge is 0.168 e. The molecule has 0 aliphatic rings. The van der Waals surface area contributed by atoms with Crippen molar-refractivity contribution in [1.29, 1.82) is 0 Å². The van der Waals surface area contributed by atoms with Gasteiger partial charge in [-0.15, -0.1) is 0 Å². The Balaban J connectivity index is 2.84. The maximum Gasteiger partial charge on any atom is 0.168 e. The van der Waals surface area contributed by atoms with Gasteiger partial charge in [0.05, 0.1) is 18.9 Å². The average molecular weight is 447 g/mol. The molecule has 0 saturated heterocycles. The van der Waals surface area contributed by atoms with Crippen molar-refractivity contribution < 1.29 is 35.1 Å². The summed E-state index contributed by atoms with van der Waals surface area (Å²) < 4.78 is 109. The second kappa shape index (κ2) is 13.7. The molecule has 0 radical (unpaired) electrons. The predicted molar refractivity (Wildman–Crippen MR) is 102 cm³/mol. The molecule has 5 unspecified atom stereocenters. The third kappa shape index (κ3) is 8.30. The van der Waals surface area contributed by atoms with Crippen LogP contribution >= 0.6 is 0 Å². The van der Waals surface area contributed by atoms with Crippen LogP contribution in [0.5, 0.6) is 0 Å². The molecule has 0 aromatic heterocycles. The van der Waals surface area contributed by atoms with Gasteiger partial charge in [0.25, 0.3) is 0 Å². The van der Waals surface area contributed by atoms with Gasteiger partial charge in [-0.25, -0.2) is 30.7 Å². The van der Waals surface area contributed by atoms with Crippen LogP contribution in [0.1, 0.15) is 45.4 Å². The molecule has 1 aromatic carbocycles. The number of unbranched alkanes of at least 4 members (excludes halogenated alkanes) is 3. The minimum atomic E-state index is -3.09. The molecule has 1 nitrogen and oxygen atoms in total. The molecule has 0 aliphatic heterocycles. The molecule has 0 spiro atoms. The van der Waals surface area contributed by atoms with E-state index in [1.54, 1.807) is 0 Å². The van der Waals surface area contributed by atoms with Crippen molar-refractivity contribution in [3.05, 3.63) is 29.8 Å². The van der Waals surface area contributed by atoms with Gasteiger partial charge in [0, 0.05) is 12.6 Å². The van der Waals surface area contributed by atoms with E-state index in [0.29, 0.717) is 12.5 Å². The van der Waals surface area contributed by atoms with Crippen molar-refractivity contribution in [2.24, 2.45) is 0 Å². The van der Waals surface area contributed by atoms with E-state index in [4.69, 9.17) is 0 Å². The summed E-state index contributed by atoms with van der Waals surface area (Å²) in [6.07, 6.45) is -12.1. The van der Waals surface area contributed by atoms with Gasteiger partial charge in [0.15, 0.2) is 24.7 Å². The Kier molecular flexibility index (Phi) is 12.1. The zero-order chi connectivity index (χ0) is 22.7. The largest absolute Gasteiger partial charge is 0.366 e. The number of alkyl halides is 6. The number of halogens is 8. The molecule has 9 heteroatoms. The summed E-state index contributed by atoms with van der Waals surface area (Å²) in [6, 6.07) is 2.60. The van der Waals surface area contributed by atoms with Crippen molar-refractivity contribution in [1.82, 2.24) is 0 Å². The Morgan fingerprint density at radius 2 is 1.50 bits per heavy atom. The van der Waals surface area contributed by atoms with Gasteiger partial charge in [-0.3, -0.25) is 4.39 Å². The fourth-order valence-corrected chi connectivity index (χ4v) is 3.09. The zero-order valence-corrected chi connectivity index (χ0v) is 17.0. The van der Waals surface area contributed by atoms with Gasteiger partial charge >= 0.3 is 0 Å². The third-order valence-corrected chi connectivity index (χ3v) is 4.84. The minimum absolute atomic E-state index is 0.0912. The van der Waals surface area contributed by atoms with E-state index in [2.05, 4.69) is 0 Å². The molecule has 174 valence electrons. The molecule has 0 saturated carbocycles. The Labute approximate surface area is 172 Å². The van der Waals surface area contributed by atoms with Crippen LogP contribution in [0.25, 0.3) is 0 Å². The number of anilines is 1. The van der Waals surface area contributed by atoms with Crippen LogP contribution < -0.4 is 4.90 Å². The Bertz CT molecular complexity index is 602. The summed E-state index contributed by atoms with van der Waals surface area (Å²) >= 11 is 0. The Morgan fingerprint density at radius 1 is 0.833 bits per heavy atom. The normalized spacial score (nSPS) is 16.7. The first-order valence-electron chi connectivity index (χ1n) is 10.2. The molecule has 0 fully saturated rings. The molecule has 0 N–H and O–H groups in total. The van der Waals surface area contributed by atoms with Gasteiger partial charge in [0.1, 0.15) is 17.8 Å². The van der Waals surface area contributed by atoms with Gasteiger partial charge in [0.2, 0.25) is 0 Å². The summed E-state index contributed by atoms with van der Waals surface area (Å²) in [5.74, 6) is -1.85. The van der Waals surface area contributed by atoms with E-state index in [1.807, 2.05) is 6.92 Å². The van der Waals surface area contributed by atoms with Crippen LogP contribution in [0.15, 0.2) is 18.2 Å². The van der Waals surface area contributed by atoms with Crippen LogP contribution in [-0.2, 0) is 0 Å². The topological polar surface area (TPSA) is 3.24 Å². The minimum Gasteiger partial charge on any atom is -0.366 e. The highest BCUT2D eigenvalue weighted by Crippen LogP contribution is 2.27. The molecular formula is C21H29F8N. The van der Waals surface area contributed by atoms with Crippen molar-refractivity contribution in [2.45, 2.75) is 76.3 Å². The van der Waals surface area contributed by atoms with E-state index in [-0.39, 0.29) is 18.7 Å². The summed E-state index contributed by atoms with van der Waals surface area (Å²) in [4.78, 5) is 1.11. The van der Waals surface area contributed by atoms with Gasteiger partial charge in [-0.2, -0.15) is 0 Å². The van der Waals surface area contributed by atoms with E-state index < -0.39 is 62.1 Å². The van der Waals surface area contributed by atoms with Gasteiger partial charge in [-0.05, 0) is 31.4 Å². The highest BCUT2D eigenvalue weighted by atomic mass is 19.2. The van der Waals surface area contributed by atoms with Gasteiger partial charge in [-0.1, -0.05) is 26.2 Å². The molecular weight excluding hydrogens is 418 g/mol. The monoisotopic (exact) mass is 447 g/mol. The lowest BCUT2D eigenvalue weighted by Crippen LogP contribution is -2.44. The van der Waals surface area contributed by atoms with Crippen molar-refractivity contribution in [3.63, 3.8) is 0 Å². The summed E-state index contributed by atoms with van der Waals surface area (Å²) in [7, 11) is 0. The fraction of sp³-hybridized carbons (Fsp3) is 0.714. The zero-order valence-electron chi connectivity index (χ0n) is 17.0. The molecule has 0 amide bonds. The lowest BCUT2D eigenvalue weighted by Gasteiger charge is -2.29. The molecule has 1 rings (SSSR count). The van der Waals surface area contributed by atoms with Crippen LogP contribution in [0.2, 0.25) is 0 Å². The third-order valence-electron chi connectivity index (χ3n) is 4.84.